The molecule has 0 saturated carbocycles. The van der Waals surface area contributed by atoms with Gasteiger partial charge in [0, 0.05) is 11.6 Å². The van der Waals surface area contributed by atoms with Gasteiger partial charge in [-0.1, -0.05) is 0 Å². The van der Waals surface area contributed by atoms with Crippen LogP contribution in [0.4, 0.5) is 8.78 Å². The number of nitrogens with one attached hydrogen (secondary N) is 1. The Morgan fingerprint density at radius 3 is 2.73 bits per heavy atom. The van der Waals surface area contributed by atoms with E-state index in [-0.39, 0.29) is 5.56 Å². The molecule has 0 radical (unpaired) electrons. The van der Waals surface area contributed by atoms with Crippen LogP contribution in [0.3, 0.4) is 0 Å². The van der Waals surface area contributed by atoms with E-state index in [1.807, 2.05) is 0 Å². The van der Waals surface area contributed by atoms with Crippen molar-refractivity contribution in [1.82, 2.24) is 4.72 Å². The second-order valence-corrected chi connectivity index (χ2v) is 4.26. The van der Waals surface area contributed by atoms with Crippen molar-refractivity contribution >= 4 is 11.2 Å². The van der Waals surface area contributed by atoms with Crippen LogP contribution >= 0.6 is 0 Å². The SMILES string of the molecule is NS(=O)N[C@H]1CCc2c(F)ccc(F)c21. The minimum Gasteiger partial charge on any atom is -0.238 e. The molecule has 0 aromatic heterocycles. The lowest BCUT2D eigenvalue weighted by atomic mass is 10.1. The molecule has 1 aromatic rings. The molecule has 15 heavy (non-hydrogen) atoms. The first-order valence-electron chi connectivity index (χ1n) is 4.48. The summed E-state index contributed by atoms with van der Waals surface area (Å²) in [5.41, 5.74) is 0.617. The van der Waals surface area contributed by atoms with Gasteiger partial charge in [0.1, 0.15) is 11.6 Å². The maximum Gasteiger partial charge on any atom is 0.164 e. The smallest absolute Gasteiger partial charge is 0.164 e. The third kappa shape index (κ3) is 1.92. The molecule has 1 aromatic carbocycles. The number of halogens is 2. The highest BCUT2D eigenvalue weighted by molar-refractivity contribution is 7.80. The Balaban J connectivity index is 2.41. The number of fused-ring (bicyclic) bond motifs is 1. The summed E-state index contributed by atoms with van der Waals surface area (Å²) in [5, 5.41) is 5.06. The monoisotopic (exact) mass is 232 g/mol. The molecule has 0 amide bonds. The van der Waals surface area contributed by atoms with E-state index in [4.69, 9.17) is 5.14 Å². The van der Waals surface area contributed by atoms with Gasteiger partial charge in [0.15, 0.2) is 11.2 Å². The van der Waals surface area contributed by atoms with Gasteiger partial charge in [-0.2, -0.15) is 0 Å². The molecular formula is C9H10F2N2OS. The molecule has 0 saturated heterocycles. The van der Waals surface area contributed by atoms with E-state index in [2.05, 4.69) is 4.72 Å². The van der Waals surface area contributed by atoms with Gasteiger partial charge < -0.3 is 0 Å². The Labute approximate surface area is 88.4 Å². The van der Waals surface area contributed by atoms with Crippen molar-refractivity contribution in [1.29, 1.82) is 0 Å². The summed E-state index contributed by atoms with van der Waals surface area (Å²) in [5.74, 6) is -0.898. The van der Waals surface area contributed by atoms with Gasteiger partial charge in [-0.25, -0.2) is 22.9 Å². The summed E-state index contributed by atoms with van der Waals surface area (Å²) in [6.45, 7) is 0. The highest BCUT2D eigenvalue weighted by atomic mass is 32.2. The van der Waals surface area contributed by atoms with Crippen LogP contribution in [0.1, 0.15) is 23.6 Å². The molecule has 0 spiro atoms. The van der Waals surface area contributed by atoms with Gasteiger partial charge in [-0.05, 0) is 30.5 Å². The van der Waals surface area contributed by atoms with E-state index < -0.39 is 28.8 Å². The topological polar surface area (TPSA) is 55.1 Å². The van der Waals surface area contributed by atoms with Crippen molar-refractivity contribution in [3.8, 4) is 0 Å². The summed E-state index contributed by atoms with van der Waals surface area (Å²) in [7, 11) is 0. The average Bonchev–Trinajstić information content (AvgIpc) is 2.56. The fourth-order valence-corrected chi connectivity index (χ4v) is 2.45. The molecular weight excluding hydrogens is 222 g/mol. The van der Waals surface area contributed by atoms with Gasteiger partial charge in [0.05, 0.1) is 0 Å². The van der Waals surface area contributed by atoms with Gasteiger partial charge in [-0.3, -0.25) is 0 Å². The third-order valence-electron chi connectivity index (χ3n) is 2.54. The quantitative estimate of drug-likeness (QED) is 0.787. The normalized spacial score (nSPS) is 21.4. The molecule has 1 unspecified atom stereocenters. The summed E-state index contributed by atoms with van der Waals surface area (Å²) < 4.78 is 40.0. The predicted octanol–water partition coefficient (Wildman–Crippen LogP) is 1.08. The Kier molecular flexibility index (Phi) is 2.81. The lowest BCUT2D eigenvalue weighted by Gasteiger charge is -2.11. The van der Waals surface area contributed by atoms with E-state index in [0.717, 1.165) is 12.1 Å². The van der Waals surface area contributed by atoms with Crippen molar-refractivity contribution in [3.05, 3.63) is 34.9 Å². The Morgan fingerprint density at radius 2 is 2.07 bits per heavy atom. The van der Waals surface area contributed by atoms with E-state index >= 15 is 0 Å². The molecule has 0 fully saturated rings. The average molecular weight is 232 g/mol. The van der Waals surface area contributed by atoms with E-state index in [1.54, 1.807) is 0 Å². The second kappa shape index (κ2) is 3.96. The molecule has 2 atom stereocenters. The number of nitrogens with two attached hydrogens (primary N) is 1. The zero-order valence-electron chi connectivity index (χ0n) is 7.80. The molecule has 82 valence electrons. The number of hydrogen-bond acceptors (Lipinski definition) is 1. The van der Waals surface area contributed by atoms with Crippen LogP contribution in [-0.4, -0.2) is 4.21 Å². The largest absolute Gasteiger partial charge is 0.238 e. The first-order valence-corrected chi connectivity index (χ1v) is 5.70. The fourth-order valence-electron chi connectivity index (χ4n) is 1.93. The van der Waals surface area contributed by atoms with E-state index in [0.29, 0.717) is 18.4 Å². The van der Waals surface area contributed by atoms with Crippen molar-refractivity contribution in [2.45, 2.75) is 18.9 Å². The fraction of sp³-hybridized carbons (Fsp3) is 0.333. The molecule has 0 aliphatic heterocycles. The van der Waals surface area contributed by atoms with Crippen molar-refractivity contribution in [2.75, 3.05) is 0 Å². The summed E-state index contributed by atoms with van der Waals surface area (Å²) in [6.07, 6.45) is 0.948. The minimum absolute atomic E-state index is 0.258. The lowest BCUT2D eigenvalue weighted by molar-refractivity contribution is 0.561. The summed E-state index contributed by atoms with van der Waals surface area (Å²) in [6, 6.07) is 1.73. The molecule has 3 nitrogen and oxygen atoms in total. The first kappa shape index (κ1) is 10.7. The number of rotatable bonds is 2. The Hall–Kier alpha value is -0.850. The molecule has 1 aliphatic rings. The van der Waals surface area contributed by atoms with Crippen molar-refractivity contribution in [3.63, 3.8) is 0 Å². The van der Waals surface area contributed by atoms with Gasteiger partial charge in [0.2, 0.25) is 0 Å². The number of hydrogen-bond donors (Lipinski definition) is 2. The zero-order valence-corrected chi connectivity index (χ0v) is 8.61. The van der Waals surface area contributed by atoms with Crippen LogP contribution in [0.25, 0.3) is 0 Å². The minimum atomic E-state index is -1.72. The van der Waals surface area contributed by atoms with Gasteiger partial charge in [-0.15, -0.1) is 0 Å². The third-order valence-corrected chi connectivity index (χ3v) is 3.05. The molecule has 3 N–H and O–H groups in total. The first-order chi connectivity index (χ1) is 7.09. The standard InChI is InChI=1S/C9H10F2N2OS/c10-6-2-3-7(11)9-5(6)1-4-8(9)13-15(12)14/h2-3,8,13H,1,4,12H2/t8-,15?/m0/s1. The lowest BCUT2D eigenvalue weighted by Crippen LogP contribution is -2.27. The highest BCUT2D eigenvalue weighted by Crippen LogP contribution is 2.34. The molecule has 2 rings (SSSR count). The Bertz CT molecular complexity index is 425. The van der Waals surface area contributed by atoms with Crippen molar-refractivity contribution in [2.24, 2.45) is 5.14 Å². The molecule has 0 bridgehead atoms. The molecule has 1 aliphatic carbocycles. The maximum absolute atomic E-state index is 13.4. The van der Waals surface area contributed by atoms with E-state index in [1.165, 1.54) is 0 Å². The van der Waals surface area contributed by atoms with E-state index in [9.17, 15) is 13.0 Å². The summed E-state index contributed by atoms with van der Waals surface area (Å²) >= 11 is -1.72. The summed E-state index contributed by atoms with van der Waals surface area (Å²) in [4.78, 5) is 0. The molecule has 0 heterocycles. The Morgan fingerprint density at radius 1 is 1.40 bits per heavy atom. The zero-order chi connectivity index (χ0) is 11.0. The van der Waals surface area contributed by atoms with Crippen LogP contribution in [0, 0.1) is 11.6 Å². The van der Waals surface area contributed by atoms with Crippen LogP contribution < -0.4 is 9.86 Å². The van der Waals surface area contributed by atoms with Gasteiger partial charge >= 0.3 is 0 Å². The number of benzene rings is 1. The maximum atomic E-state index is 13.4. The molecule has 6 heteroatoms. The van der Waals surface area contributed by atoms with Gasteiger partial charge in [0.25, 0.3) is 0 Å². The van der Waals surface area contributed by atoms with Crippen molar-refractivity contribution < 1.29 is 13.0 Å². The van der Waals surface area contributed by atoms with Crippen LogP contribution in [-0.2, 0) is 17.6 Å². The van der Waals surface area contributed by atoms with Crippen LogP contribution in [0.5, 0.6) is 0 Å². The van der Waals surface area contributed by atoms with Crippen LogP contribution in [0.15, 0.2) is 12.1 Å². The second-order valence-electron chi connectivity index (χ2n) is 3.43. The van der Waals surface area contributed by atoms with Crippen LogP contribution in [0.2, 0.25) is 0 Å². The predicted molar refractivity (Wildman–Crippen MR) is 52.9 cm³/mol. The highest BCUT2D eigenvalue weighted by Gasteiger charge is 2.28.